The molecule has 8 nitrogen and oxygen atoms in total. The summed E-state index contributed by atoms with van der Waals surface area (Å²) in [6, 6.07) is 15.1. The molecule has 0 bridgehead atoms. The number of aromatic hydroxyl groups is 1. The molecule has 0 unspecified atom stereocenters. The topological polar surface area (TPSA) is 105 Å². The number of hydrogen-bond acceptors (Lipinski definition) is 6. The van der Waals surface area contributed by atoms with Crippen molar-refractivity contribution in [3.63, 3.8) is 0 Å². The van der Waals surface area contributed by atoms with Crippen molar-refractivity contribution >= 4 is 34.2 Å². The Morgan fingerprint density at radius 3 is 2.60 bits per heavy atom. The Kier molecular flexibility index (Phi) is 6.79. The normalized spacial score (nSPS) is 11.1. The Balaban J connectivity index is 1.63. The molecule has 0 fully saturated rings. The number of carbonyl (C=O) groups is 2. The highest BCUT2D eigenvalue weighted by atomic mass is 16.5. The fourth-order valence-electron chi connectivity index (χ4n) is 3.02. The van der Waals surface area contributed by atoms with E-state index in [1.54, 1.807) is 24.3 Å². The summed E-state index contributed by atoms with van der Waals surface area (Å²) in [5.74, 6) is -1.13. The summed E-state index contributed by atoms with van der Waals surface area (Å²) in [7, 11) is 1.28. The van der Waals surface area contributed by atoms with Gasteiger partial charge >= 0.3 is 5.97 Å². The van der Waals surface area contributed by atoms with Crippen LogP contribution in [0, 0.1) is 6.92 Å². The van der Waals surface area contributed by atoms with E-state index in [2.05, 4.69) is 20.3 Å². The van der Waals surface area contributed by atoms with Crippen LogP contribution in [0.5, 0.6) is 5.88 Å². The van der Waals surface area contributed by atoms with Gasteiger partial charge in [-0.3, -0.25) is 14.2 Å². The maximum absolute atomic E-state index is 12.1. The number of ether oxygens (including phenoxy) is 1. The van der Waals surface area contributed by atoms with Gasteiger partial charge in [-0.05, 0) is 31.5 Å². The zero-order valence-corrected chi connectivity index (χ0v) is 17.0. The summed E-state index contributed by atoms with van der Waals surface area (Å²) in [6.45, 7) is 2.49. The average Bonchev–Trinajstić information content (AvgIpc) is 3.02. The van der Waals surface area contributed by atoms with E-state index in [1.807, 2.05) is 31.2 Å². The van der Waals surface area contributed by atoms with Crippen molar-refractivity contribution < 1.29 is 19.4 Å². The molecule has 156 valence electrons. The van der Waals surface area contributed by atoms with Crippen molar-refractivity contribution in [2.75, 3.05) is 19.0 Å². The number of methoxy groups -OCH3 is 1. The summed E-state index contributed by atoms with van der Waals surface area (Å²) in [5.41, 5.74) is 2.94. The van der Waals surface area contributed by atoms with Gasteiger partial charge in [0.05, 0.1) is 12.6 Å². The number of anilines is 1. The molecule has 0 atom stereocenters. The molecule has 8 heteroatoms. The van der Waals surface area contributed by atoms with E-state index < -0.39 is 5.97 Å². The maximum atomic E-state index is 12.1. The molecule has 1 aromatic heterocycles. The molecule has 1 amide bonds. The van der Waals surface area contributed by atoms with Crippen LogP contribution in [-0.4, -0.2) is 35.2 Å². The Morgan fingerprint density at radius 2 is 1.87 bits per heavy atom. The number of amides is 1. The third-order valence-corrected chi connectivity index (χ3v) is 4.64. The summed E-state index contributed by atoms with van der Waals surface area (Å²) in [6.07, 6.45) is 0.825. The van der Waals surface area contributed by atoms with Crippen LogP contribution in [0.25, 0.3) is 10.9 Å². The number of fused-ring (bicyclic) bond motifs is 1. The minimum absolute atomic E-state index is 0.153. The zero-order chi connectivity index (χ0) is 21.5. The molecule has 0 aliphatic carbocycles. The van der Waals surface area contributed by atoms with E-state index in [9.17, 15) is 14.7 Å². The van der Waals surface area contributed by atoms with Crippen molar-refractivity contribution in [1.82, 2.24) is 4.57 Å². The van der Waals surface area contributed by atoms with Gasteiger partial charge < -0.3 is 15.2 Å². The number of nitrogens with zero attached hydrogens (tertiary/aromatic N) is 3. The number of aryl methyl sites for hydroxylation is 1. The van der Waals surface area contributed by atoms with Crippen LogP contribution in [0.2, 0.25) is 0 Å². The van der Waals surface area contributed by atoms with Gasteiger partial charge in [0.25, 0.3) is 5.91 Å². The highest BCUT2D eigenvalue weighted by Gasteiger charge is 2.18. The van der Waals surface area contributed by atoms with E-state index in [0.717, 1.165) is 5.69 Å². The monoisotopic (exact) mass is 408 g/mol. The van der Waals surface area contributed by atoms with Crippen molar-refractivity contribution in [2.24, 2.45) is 10.2 Å². The molecule has 0 aliphatic rings. The van der Waals surface area contributed by atoms with Gasteiger partial charge in [-0.2, -0.15) is 0 Å². The molecule has 0 spiro atoms. The third-order valence-electron chi connectivity index (χ3n) is 4.64. The van der Waals surface area contributed by atoms with E-state index in [4.69, 9.17) is 0 Å². The van der Waals surface area contributed by atoms with E-state index in [-0.39, 0.29) is 30.4 Å². The van der Waals surface area contributed by atoms with Crippen LogP contribution in [-0.2, 0) is 20.9 Å². The smallest absolute Gasteiger partial charge is 0.325 e. The first-order valence-corrected chi connectivity index (χ1v) is 9.61. The fraction of sp³-hybridized carbons (Fsp3) is 0.273. The zero-order valence-electron chi connectivity index (χ0n) is 17.0. The van der Waals surface area contributed by atoms with Crippen LogP contribution in [0.1, 0.15) is 18.4 Å². The number of para-hydroxylation sites is 1. The Morgan fingerprint density at radius 1 is 1.13 bits per heavy atom. The van der Waals surface area contributed by atoms with Gasteiger partial charge in [0.15, 0.2) is 5.69 Å². The van der Waals surface area contributed by atoms with Crippen LogP contribution >= 0.6 is 0 Å². The van der Waals surface area contributed by atoms with E-state index >= 15 is 0 Å². The molecule has 3 aromatic rings. The molecule has 2 aromatic carbocycles. The first kappa shape index (κ1) is 21.0. The number of azo groups is 1. The second-order valence-corrected chi connectivity index (χ2v) is 6.84. The van der Waals surface area contributed by atoms with Crippen LogP contribution < -0.4 is 5.32 Å². The lowest BCUT2D eigenvalue weighted by Gasteiger charge is -2.05. The van der Waals surface area contributed by atoms with Gasteiger partial charge in [-0.1, -0.05) is 35.9 Å². The van der Waals surface area contributed by atoms with Crippen molar-refractivity contribution in [2.45, 2.75) is 26.3 Å². The van der Waals surface area contributed by atoms with Gasteiger partial charge in [0.2, 0.25) is 5.88 Å². The van der Waals surface area contributed by atoms with Crippen LogP contribution in [0.3, 0.4) is 0 Å². The summed E-state index contributed by atoms with van der Waals surface area (Å²) >= 11 is 0. The van der Waals surface area contributed by atoms with Gasteiger partial charge in [-0.25, -0.2) is 0 Å². The average molecular weight is 408 g/mol. The van der Waals surface area contributed by atoms with Crippen LogP contribution in [0.15, 0.2) is 58.8 Å². The third kappa shape index (κ3) is 5.02. The highest BCUT2D eigenvalue weighted by Crippen LogP contribution is 2.38. The van der Waals surface area contributed by atoms with Gasteiger partial charge in [0.1, 0.15) is 6.54 Å². The minimum Gasteiger partial charge on any atom is -0.493 e. The predicted molar refractivity (Wildman–Crippen MR) is 114 cm³/mol. The Labute approximate surface area is 174 Å². The number of nitrogens with one attached hydrogen (secondary N) is 1. The first-order valence-electron chi connectivity index (χ1n) is 9.61. The van der Waals surface area contributed by atoms with Gasteiger partial charge in [-0.15, -0.1) is 10.2 Å². The number of carbonyl (C=O) groups excluding carboxylic acids is 2. The van der Waals surface area contributed by atoms with Crippen molar-refractivity contribution in [3.8, 4) is 5.88 Å². The molecule has 1 heterocycles. The maximum Gasteiger partial charge on any atom is 0.325 e. The van der Waals surface area contributed by atoms with E-state index in [0.29, 0.717) is 23.9 Å². The van der Waals surface area contributed by atoms with Crippen molar-refractivity contribution in [3.05, 3.63) is 54.1 Å². The predicted octanol–water partition coefficient (Wildman–Crippen LogP) is 4.33. The quantitative estimate of drug-likeness (QED) is 0.328. The first-order chi connectivity index (χ1) is 14.5. The van der Waals surface area contributed by atoms with E-state index in [1.165, 1.54) is 17.2 Å². The molecular weight excluding hydrogens is 384 g/mol. The lowest BCUT2D eigenvalue weighted by Crippen LogP contribution is -2.10. The number of esters is 1. The van der Waals surface area contributed by atoms with Crippen LogP contribution in [0.4, 0.5) is 11.4 Å². The molecule has 2 N–H and O–H groups in total. The minimum atomic E-state index is -0.508. The number of aromatic nitrogens is 1. The second-order valence-electron chi connectivity index (χ2n) is 6.84. The largest absolute Gasteiger partial charge is 0.493 e. The molecule has 3 rings (SSSR count). The SMILES string of the molecule is COC(=O)Cn1c(O)c(N=NC(=O)CCCNc2ccc(C)cc2)c2ccccc21. The Hall–Kier alpha value is -3.68. The number of benzene rings is 2. The molecule has 30 heavy (non-hydrogen) atoms. The lowest BCUT2D eigenvalue weighted by molar-refractivity contribution is -0.141. The summed E-state index contributed by atoms with van der Waals surface area (Å²) < 4.78 is 6.05. The fourth-order valence-corrected chi connectivity index (χ4v) is 3.02. The van der Waals surface area contributed by atoms with Gasteiger partial charge in [0, 0.05) is 24.0 Å². The molecule has 0 radical (unpaired) electrons. The highest BCUT2D eigenvalue weighted by molar-refractivity contribution is 5.96. The molecule has 0 saturated heterocycles. The van der Waals surface area contributed by atoms with Crippen molar-refractivity contribution in [1.29, 1.82) is 0 Å². The number of hydrogen-bond donors (Lipinski definition) is 2. The summed E-state index contributed by atoms with van der Waals surface area (Å²) in [4.78, 5) is 23.7. The second kappa shape index (κ2) is 9.69. The molecule has 0 saturated carbocycles. The molecule has 0 aliphatic heterocycles. The standard InChI is InChI=1S/C22H24N4O4/c1-15-9-11-16(12-10-15)23-13-5-8-19(27)24-25-21-17-6-3-4-7-18(17)26(22(21)29)14-20(28)30-2/h3-4,6-7,9-12,23,29H,5,8,13-14H2,1-2H3. The lowest BCUT2D eigenvalue weighted by atomic mass is 10.2. The number of rotatable bonds is 8. The molecular formula is C22H24N4O4. The Bertz CT molecular complexity index is 1070. The summed E-state index contributed by atoms with van der Waals surface area (Å²) in [5, 5.41) is 22.1.